The minimum Gasteiger partial charge on any atom is -0.481 e. The van der Waals surface area contributed by atoms with E-state index in [9.17, 15) is 4.79 Å². The Morgan fingerprint density at radius 2 is 2.15 bits per heavy atom. The van der Waals surface area contributed by atoms with Crippen molar-refractivity contribution in [1.82, 2.24) is 9.97 Å². The molecule has 0 aliphatic carbocycles. The number of hydrogen-bond donors (Lipinski definition) is 2. The van der Waals surface area contributed by atoms with Crippen LogP contribution >= 0.6 is 12.4 Å². The van der Waals surface area contributed by atoms with Crippen molar-refractivity contribution in [2.75, 3.05) is 0 Å². The molecule has 2 N–H and O–H groups in total. The highest BCUT2D eigenvalue weighted by Crippen LogP contribution is 2.04. The van der Waals surface area contributed by atoms with E-state index in [4.69, 9.17) is 5.11 Å². The molecule has 0 spiro atoms. The summed E-state index contributed by atoms with van der Waals surface area (Å²) >= 11 is 0. The molecule has 5 heteroatoms. The lowest BCUT2D eigenvalue weighted by molar-refractivity contribution is -0.137. The molecule has 13 heavy (non-hydrogen) atoms. The third-order valence-electron chi connectivity index (χ3n) is 1.75. The van der Waals surface area contributed by atoms with Gasteiger partial charge in [0.2, 0.25) is 0 Å². The van der Waals surface area contributed by atoms with E-state index < -0.39 is 5.97 Å². The summed E-state index contributed by atoms with van der Waals surface area (Å²) in [4.78, 5) is 17.4. The van der Waals surface area contributed by atoms with Crippen LogP contribution in [0.5, 0.6) is 0 Å². The van der Waals surface area contributed by atoms with E-state index in [1.165, 1.54) is 0 Å². The number of rotatable bonds is 3. The summed E-state index contributed by atoms with van der Waals surface area (Å²) in [5, 5.41) is 8.41. The molecule has 0 aliphatic rings. The summed E-state index contributed by atoms with van der Waals surface area (Å²) in [6.45, 7) is 3.82. The van der Waals surface area contributed by atoms with Crippen molar-refractivity contribution in [2.24, 2.45) is 0 Å². The van der Waals surface area contributed by atoms with Crippen molar-refractivity contribution in [3.8, 4) is 0 Å². The average molecular weight is 205 g/mol. The van der Waals surface area contributed by atoms with E-state index in [-0.39, 0.29) is 18.8 Å². The largest absolute Gasteiger partial charge is 0.481 e. The third-order valence-corrected chi connectivity index (χ3v) is 1.75. The molecule has 0 atom stereocenters. The maximum absolute atomic E-state index is 10.2. The van der Waals surface area contributed by atoms with Gasteiger partial charge in [-0.05, 0) is 13.8 Å². The highest BCUT2D eigenvalue weighted by Gasteiger charge is 2.04. The second kappa shape index (κ2) is 4.87. The number of imidazole rings is 1. The number of carbonyl (C=O) groups is 1. The fourth-order valence-corrected chi connectivity index (χ4v) is 0.965. The van der Waals surface area contributed by atoms with E-state index in [0.29, 0.717) is 6.42 Å². The Morgan fingerprint density at radius 3 is 2.54 bits per heavy atom. The summed E-state index contributed by atoms with van der Waals surface area (Å²) < 4.78 is 0. The zero-order chi connectivity index (χ0) is 9.14. The zero-order valence-electron chi connectivity index (χ0n) is 7.63. The van der Waals surface area contributed by atoms with Gasteiger partial charge in [0, 0.05) is 12.1 Å². The van der Waals surface area contributed by atoms with Crippen LogP contribution in [0.4, 0.5) is 0 Å². The molecule has 1 heterocycles. The normalized spacial score (nSPS) is 9.38. The minimum absolute atomic E-state index is 0. The van der Waals surface area contributed by atoms with Crippen LogP contribution in [0.2, 0.25) is 0 Å². The second-order valence-electron chi connectivity index (χ2n) is 2.79. The van der Waals surface area contributed by atoms with Crippen LogP contribution in [-0.4, -0.2) is 21.0 Å². The van der Waals surface area contributed by atoms with Gasteiger partial charge < -0.3 is 10.1 Å². The Bertz CT molecular complexity index is 277. The Kier molecular flexibility index (Phi) is 4.48. The molecule has 0 saturated carbocycles. The van der Waals surface area contributed by atoms with E-state index in [2.05, 4.69) is 9.97 Å². The van der Waals surface area contributed by atoms with Gasteiger partial charge in [0.25, 0.3) is 0 Å². The summed E-state index contributed by atoms with van der Waals surface area (Å²) in [5.41, 5.74) is 1.95. The van der Waals surface area contributed by atoms with E-state index in [1.807, 2.05) is 13.8 Å². The lowest BCUT2D eigenvalue weighted by Crippen LogP contribution is -1.98. The van der Waals surface area contributed by atoms with E-state index in [0.717, 1.165) is 17.2 Å². The summed E-state index contributed by atoms with van der Waals surface area (Å²) in [5.74, 6) is -0.0332. The molecule has 0 fully saturated rings. The number of hydrogen-bond acceptors (Lipinski definition) is 2. The van der Waals surface area contributed by atoms with E-state index >= 15 is 0 Å². The Balaban J connectivity index is 0.00000144. The molecule has 1 aromatic rings. The molecule has 0 radical (unpaired) electrons. The number of carboxylic acids is 1. The molecule has 0 unspecified atom stereocenters. The first-order chi connectivity index (χ1) is 5.59. The zero-order valence-corrected chi connectivity index (χ0v) is 8.44. The van der Waals surface area contributed by atoms with Crippen LogP contribution in [0.1, 0.15) is 23.6 Å². The van der Waals surface area contributed by atoms with Crippen molar-refractivity contribution in [3.05, 3.63) is 17.2 Å². The lowest BCUT2D eigenvalue weighted by Gasteiger charge is -1.90. The first-order valence-electron chi connectivity index (χ1n) is 3.83. The van der Waals surface area contributed by atoms with Crippen LogP contribution in [0.3, 0.4) is 0 Å². The molecule has 0 saturated heterocycles. The Labute approximate surface area is 82.8 Å². The fourth-order valence-electron chi connectivity index (χ4n) is 0.965. The van der Waals surface area contributed by atoms with Gasteiger partial charge in [-0.1, -0.05) is 0 Å². The van der Waals surface area contributed by atoms with Gasteiger partial charge >= 0.3 is 5.97 Å². The summed E-state index contributed by atoms with van der Waals surface area (Å²) in [7, 11) is 0. The lowest BCUT2D eigenvalue weighted by atomic mass is 10.3. The van der Waals surface area contributed by atoms with Crippen molar-refractivity contribution in [3.63, 3.8) is 0 Å². The number of aliphatic carboxylic acids is 1. The molecular formula is C8H13ClN2O2. The Morgan fingerprint density at radius 1 is 1.54 bits per heavy atom. The first kappa shape index (κ1) is 12.0. The predicted octanol–water partition coefficient (Wildman–Crippen LogP) is 1.47. The van der Waals surface area contributed by atoms with Crippen LogP contribution in [-0.2, 0) is 11.2 Å². The van der Waals surface area contributed by atoms with E-state index in [1.54, 1.807) is 0 Å². The minimum atomic E-state index is -0.790. The van der Waals surface area contributed by atoms with Gasteiger partial charge in [0.1, 0.15) is 5.82 Å². The summed E-state index contributed by atoms with van der Waals surface area (Å²) in [6.07, 6.45) is 0.608. The maximum Gasteiger partial charge on any atom is 0.303 e. The second-order valence-corrected chi connectivity index (χ2v) is 2.79. The smallest absolute Gasteiger partial charge is 0.303 e. The number of nitrogens with zero attached hydrogens (tertiary/aromatic N) is 1. The van der Waals surface area contributed by atoms with Crippen molar-refractivity contribution in [2.45, 2.75) is 26.7 Å². The number of aromatic amines is 1. The molecule has 0 bridgehead atoms. The predicted molar refractivity (Wildman–Crippen MR) is 51.3 cm³/mol. The van der Waals surface area contributed by atoms with Gasteiger partial charge in [0.15, 0.2) is 0 Å². The van der Waals surface area contributed by atoms with Gasteiger partial charge in [-0.25, -0.2) is 4.98 Å². The number of aromatic nitrogens is 2. The highest BCUT2D eigenvalue weighted by molar-refractivity contribution is 5.85. The SMILES string of the molecule is Cc1nc(CCC(=O)O)[nH]c1C.Cl. The quantitative estimate of drug-likeness (QED) is 0.784. The fraction of sp³-hybridized carbons (Fsp3) is 0.500. The van der Waals surface area contributed by atoms with Crippen molar-refractivity contribution >= 4 is 18.4 Å². The number of nitrogens with one attached hydrogen (secondary N) is 1. The van der Waals surface area contributed by atoms with Gasteiger partial charge in [-0.2, -0.15) is 0 Å². The number of H-pyrrole nitrogens is 1. The third kappa shape index (κ3) is 3.46. The highest BCUT2D eigenvalue weighted by atomic mass is 35.5. The standard InChI is InChI=1S/C8H12N2O2.ClH/c1-5-6(2)10-7(9-5)3-4-8(11)12;/h3-4H2,1-2H3,(H,9,10)(H,11,12);1H. The van der Waals surface area contributed by atoms with Crippen LogP contribution in [0, 0.1) is 13.8 Å². The topological polar surface area (TPSA) is 66.0 Å². The van der Waals surface area contributed by atoms with Gasteiger partial charge in [0.05, 0.1) is 12.1 Å². The summed E-state index contributed by atoms with van der Waals surface area (Å²) in [6, 6.07) is 0. The van der Waals surface area contributed by atoms with Gasteiger partial charge in [-0.3, -0.25) is 4.79 Å². The molecule has 0 aliphatic heterocycles. The van der Waals surface area contributed by atoms with Crippen LogP contribution < -0.4 is 0 Å². The average Bonchev–Trinajstić information content (AvgIpc) is 2.28. The molecule has 4 nitrogen and oxygen atoms in total. The number of carboxylic acid groups (broad SMARTS) is 1. The molecule has 0 aromatic carbocycles. The number of aryl methyl sites for hydroxylation is 3. The monoisotopic (exact) mass is 204 g/mol. The van der Waals surface area contributed by atoms with Crippen molar-refractivity contribution < 1.29 is 9.90 Å². The van der Waals surface area contributed by atoms with Crippen LogP contribution in [0.25, 0.3) is 0 Å². The van der Waals surface area contributed by atoms with Crippen LogP contribution in [0.15, 0.2) is 0 Å². The number of halogens is 1. The molecule has 0 amide bonds. The molecule has 1 aromatic heterocycles. The molecule has 74 valence electrons. The Hall–Kier alpha value is -1.03. The molecule has 1 rings (SSSR count). The van der Waals surface area contributed by atoms with Crippen molar-refractivity contribution in [1.29, 1.82) is 0 Å². The maximum atomic E-state index is 10.2. The molecular weight excluding hydrogens is 192 g/mol. The van der Waals surface area contributed by atoms with Gasteiger partial charge in [-0.15, -0.1) is 12.4 Å². The first-order valence-corrected chi connectivity index (χ1v) is 3.83.